The van der Waals surface area contributed by atoms with Crippen molar-refractivity contribution in [3.63, 3.8) is 0 Å². The van der Waals surface area contributed by atoms with Gasteiger partial charge in [0.2, 0.25) is 0 Å². The monoisotopic (exact) mass is 318 g/mol. The zero-order valence-electron chi connectivity index (χ0n) is 11.1. The van der Waals surface area contributed by atoms with Crippen LogP contribution in [0.4, 0.5) is 5.82 Å². The van der Waals surface area contributed by atoms with Gasteiger partial charge in [0.05, 0.1) is 23.6 Å². The summed E-state index contributed by atoms with van der Waals surface area (Å²) in [6.07, 6.45) is 3.65. The maximum absolute atomic E-state index is 4.71. The highest BCUT2D eigenvalue weighted by Gasteiger charge is 2.15. The molecule has 2 aromatic heterocycles. The average molecular weight is 319 g/mol. The second-order valence-electron chi connectivity index (χ2n) is 5.62. The fourth-order valence-electron chi connectivity index (χ4n) is 2.07. The summed E-state index contributed by atoms with van der Waals surface area (Å²) in [4.78, 5) is 8.95. The molecule has 0 unspecified atom stereocenters. The second-order valence-corrected chi connectivity index (χ2v) is 6.53. The SMILES string of the molecule is CC(C)(C)Nc1nc2ccc(Br)cc2n2cncc12. The van der Waals surface area contributed by atoms with Crippen molar-refractivity contribution < 1.29 is 0 Å². The molecule has 0 aliphatic carbocycles. The van der Waals surface area contributed by atoms with Gasteiger partial charge in [-0.1, -0.05) is 15.9 Å². The Balaban J connectivity index is 2.32. The molecule has 4 nitrogen and oxygen atoms in total. The molecule has 0 saturated heterocycles. The molecule has 0 atom stereocenters. The second kappa shape index (κ2) is 4.20. The van der Waals surface area contributed by atoms with Gasteiger partial charge >= 0.3 is 0 Å². The molecule has 0 radical (unpaired) electrons. The van der Waals surface area contributed by atoms with Gasteiger partial charge in [-0.3, -0.25) is 4.40 Å². The van der Waals surface area contributed by atoms with E-state index in [-0.39, 0.29) is 5.54 Å². The van der Waals surface area contributed by atoms with E-state index >= 15 is 0 Å². The van der Waals surface area contributed by atoms with E-state index in [0.717, 1.165) is 26.8 Å². The number of imidazole rings is 1. The lowest BCUT2D eigenvalue weighted by Gasteiger charge is -2.22. The van der Waals surface area contributed by atoms with Crippen molar-refractivity contribution in [1.29, 1.82) is 0 Å². The molecule has 2 heterocycles. The van der Waals surface area contributed by atoms with E-state index in [1.54, 1.807) is 0 Å². The first-order valence-electron chi connectivity index (χ1n) is 6.13. The molecule has 3 rings (SSSR count). The van der Waals surface area contributed by atoms with Crippen LogP contribution >= 0.6 is 15.9 Å². The largest absolute Gasteiger partial charge is 0.364 e. The van der Waals surface area contributed by atoms with Gasteiger partial charge in [-0.2, -0.15) is 0 Å². The van der Waals surface area contributed by atoms with Crippen molar-refractivity contribution in [2.24, 2.45) is 0 Å². The summed E-state index contributed by atoms with van der Waals surface area (Å²) in [7, 11) is 0. The normalized spacial score (nSPS) is 12.2. The molecule has 1 N–H and O–H groups in total. The quantitative estimate of drug-likeness (QED) is 0.741. The zero-order chi connectivity index (χ0) is 13.6. The molecule has 0 fully saturated rings. The summed E-state index contributed by atoms with van der Waals surface area (Å²) in [5, 5.41) is 3.43. The Morgan fingerprint density at radius 1 is 1.21 bits per heavy atom. The molecular formula is C14H15BrN4. The van der Waals surface area contributed by atoms with Crippen LogP contribution in [0.5, 0.6) is 0 Å². The van der Waals surface area contributed by atoms with Gasteiger partial charge in [-0.05, 0) is 39.0 Å². The van der Waals surface area contributed by atoms with Gasteiger partial charge in [0, 0.05) is 10.0 Å². The molecule has 3 aromatic rings. The summed E-state index contributed by atoms with van der Waals surface area (Å²) >= 11 is 3.50. The lowest BCUT2D eigenvalue weighted by Crippen LogP contribution is -2.27. The highest BCUT2D eigenvalue weighted by molar-refractivity contribution is 9.10. The summed E-state index contributed by atoms with van der Waals surface area (Å²) in [6, 6.07) is 6.06. The van der Waals surface area contributed by atoms with Crippen molar-refractivity contribution >= 4 is 38.3 Å². The number of anilines is 1. The Morgan fingerprint density at radius 3 is 2.74 bits per heavy atom. The van der Waals surface area contributed by atoms with Crippen molar-refractivity contribution in [3.8, 4) is 0 Å². The third kappa shape index (κ3) is 2.30. The number of hydrogen-bond donors (Lipinski definition) is 1. The molecule has 0 bridgehead atoms. The number of nitrogens with one attached hydrogen (secondary N) is 1. The predicted octanol–water partition coefficient (Wildman–Crippen LogP) is 3.86. The van der Waals surface area contributed by atoms with E-state index < -0.39 is 0 Å². The van der Waals surface area contributed by atoms with E-state index in [0.29, 0.717) is 0 Å². The number of fused-ring (bicyclic) bond motifs is 3. The fourth-order valence-corrected chi connectivity index (χ4v) is 2.42. The third-order valence-corrected chi connectivity index (χ3v) is 3.30. The number of aromatic nitrogens is 3. The van der Waals surface area contributed by atoms with Crippen molar-refractivity contribution in [2.75, 3.05) is 5.32 Å². The summed E-state index contributed by atoms with van der Waals surface area (Å²) < 4.78 is 3.09. The van der Waals surface area contributed by atoms with Gasteiger partial charge in [-0.15, -0.1) is 0 Å². The van der Waals surface area contributed by atoms with Gasteiger partial charge in [-0.25, -0.2) is 9.97 Å². The molecule has 19 heavy (non-hydrogen) atoms. The molecule has 98 valence electrons. The smallest absolute Gasteiger partial charge is 0.153 e. The number of hydrogen-bond acceptors (Lipinski definition) is 3. The topological polar surface area (TPSA) is 42.2 Å². The highest BCUT2D eigenvalue weighted by atomic mass is 79.9. The van der Waals surface area contributed by atoms with Crippen LogP contribution in [0.2, 0.25) is 0 Å². The van der Waals surface area contributed by atoms with Crippen molar-refractivity contribution in [1.82, 2.24) is 14.4 Å². The number of rotatable bonds is 1. The van der Waals surface area contributed by atoms with Gasteiger partial charge in [0.1, 0.15) is 5.52 Å². The van der Waals surface area contributed by atoms with Crippen LogP contribution < -0.4 is 5.32 Å². The van der Waals surface area contributed by atoms with E-state index in [1.807, 2.05) is 24.7 Å². The first-order valence-corrected chi connectivity index (χ1v) is 6.93. The summed E-state index contributed by atoms with van der Waals surface area (Å²) in [6.45, 7) is 6.36. The van der Waals surface area contributed by atoms with E-state index in [4.69, 9.17) is 4.98 Å². The molecule has 5 heteroatoms. The van der Waals surface area contributed by atoms with Crippen LogP contribution in [-0.4, -0.2) is 19.9 Å². The van der Waals surface area contributed by atoms with Gasteiger partial charge < -0.3 is 5.32 Å². The van der Waals surface area contributed by atoms with Crippen LogP contribution in [0.15, 0.2) is 35.2 Å². The van der Waals surface area contributed by atoms with E-state index in [9.17, 15) is 0 Å². The molecule has 0 aliphatic rings. The minimum Gasteiger partial charge on any atom is -0.364 e. The summed E-state index contributed by atoms with van der Waals surface area (Å²) in [5.41, 5.74) is 2.93. The Kier molecular flexibility index (Phi) is 2.74. The van der Waals surface area contributed by atoms with Crippen LogP contribution in [0.3, 0.4) is 0 Å². The molecule has 0 amide bonds. The standard InChI is InChI=1S/C14H15BrN4/c1-14(2,3)18-13-12-7-16-8-19(12)11-6-9(15)4-5-10(11)17-13/h4-8H,1-3H3,(H,17,18). The zero-order valence-corrected chi connectivity index (χ0v) is 12.7. The van der Waals surface area contributed by atoms with Crippen molar-refractivity contribution in [3.05, 3.63) is 35.2 Å². The first kappa shape index (κ1) is 12.4. The predicted molar refractivity (Wildman–Crippen MR) is 81.6 cm³/mol. The molecule has 0 spiro atoms. The lowest BCUT2D eigenvalue weighted by atomic mass is 10.1. The maximum Gasteiger partial charge on any atom is 0.153 e. The average Bonchev–Trinajstić information content (AvgIpc) is 2.77. The molecule has 0 aliphatic heterocycles. The van der Waals surface area contributed by atoms with Crippen molar-refractivity contribution in [2.45, 2.75) is 26.3 Å². The fraction of sp³-hybridized carbons (Fsp3) is 0.286. The number of nitrogens with zero attached hydrogens (tertiary/aromatic N) is 3. The Bertz CT molecular complexity index is 755. The van der Waals surface area contributed by atoms with Gasteiger partial charge in [0.15, 0.2) is 5.82 Å². The van der Waals surface area contributed by atoms with Crippen LogP contribution in [0.25, 0.3) is 16.6 Å². The minimum absolute atomic E-state index is 0.0409. The van der Waals surface area contributed by atoms with Gasteiger partial charge in [0.25, 0.3) is 0 Å². The maximum atomic E-state index is 4.71. The molecule has 0 saturated carbocycles. The lowest BCUT2D eigenvalue weighted by molar-refractivity contribution is 0.631. The third-order valence-electron chi connectivity index (χ3n) is 2.80. The highest BCUT2D eigenvalue weighted by Crippen LogP contribution is 2.25. The molecule has 1 aromatic carbocycles. The van der Waals surface area contributed by atoms with E-state index in [2.05, 4.69) is 57.5 Å². The Labute approximate surface area is 120 Å². The number of halogens is 1. The van der Waals surface area contributed by atoms with E-state index in [1.165, 1.54) is 0 Å². The Hall–Kier alpha value is -1.62. The molecular weight excluding hydrogens is 304 g/mol. The van der Waals surface area contributed by atoms with Crippen LogP contribution in [0.1, 0.15) is 20.8 Å². The minimum atomic E-state index is -0.0409. The first-order chi connectivity index (χ1) is 8.94. The Morgan fingerprint density at radius 2 is 2.00 bits per heavy atom. The van der Waals surface area contributed by atoms with Crippen LogP contribution in [-0.2, 0) is 0 Å². The number of benzene rings is 1. The van der Waals surface area contributed by atoms with Crippen LogP contribution in [0, 0.1) is 0 Å². The summed E-state index contributed by atoms with van der Waals surface area (Å²) in [5.74, 6) is 0.861.